The van der Waals surface area contributed by atoms with Crippen LogP contribution in [0.1, 0.15) is 11.1 Å². The van der Waals surface area contributed by atoms with Crippen LogP contribution in [0.15, 0.2) is 23.1 Å². The normalized spacial score (nSPS) is 18.6. The Bertz CT molecular complexity index is 546. The SMILES string of the molecule is Cc1ccc(C)c(SCC(=O)N2CCOC(C(=O)O)C2)c1. The summed E-state index contributed by atoms with van der Waals surface area (Å²) in [6, 6.07) is 6.14. The number of carbonyl (C=O) groups excluding carboxylic acids is 1. The van der Waals surface area contributed by atoms with E-state index in [4.69, 9.17) is 9.84 Å². The van der Waals surface area contributed by atoms with Gasteiger partial charge in [0, 0.05) is 11.4 Å². The predicted molar refractivity (Wildman–Crippen MR) is 80.6 cm³/mol. The molecule has 0 aliphatic carbocycles. The third kappa shape index (κ3) is 4.22. The number of thioether (sulfide) groups is 1. The molecule has 1 aromatic rings. The molecule has 0 spiro atoms. The average Bonchev–Trinajstić information content (AvgIpc) is 2.48. The van der Waals surface area contributed by atoms with Gasteiger partial charge in [0.05, 0.1) is 18.9 Å². The van der Waals surface area contributed by atoms with Crippen molar-refractivity contribution >= 4 is 23.6 Å². The molecule has 6 heteroatoms. The van der Waals surface area contributed by atoms with Crippen LogP contribution in [0.3, 0.4) is 0 Å². The van der Waals surface area contributed by atoms with E-state index in [2.05, 4.69) is 6.07 Å². The number of hydrogen-bond acceptors (Lipinski definition) is 4. The summed E-state index contributed by atoms with van der Waals surface area (Å²) in [5, 5.41) is 8.94. The van der Waals surface area contributed by atoms with Gasteiger partial charge in [-0.05, 0) is 25.5 Å². The quantitative estimate of drug-likeness (QED) is 0.858. The molecule has 0 saturated carbocycles. The molecule has 1 unspecified atom stereocenters. The lowest BCUT2D eigenvalue weighted by Crippen LogP contribution is -2.49. The second kappa shape index (κ2) is 6.95. The highest BCUT2D eigenvalue weighted by Gasteiger charge is 2.28. The van der Waals surface area contributed by atoms with Crippen molar-refractivity contribution in [2.75, 3.05) is 25.4 Å². The number of carbonyl (C=O) groups is 2. The molecule has 2 rings (SSSR count). The highest BCUT2D eigenvalue weighted by Crippen LogP contribution is 2.24. The van der Waals surface area contributed by atoms with Crippen LogP contribution >= 0.6 is 11.8 Å². The average molecular weight is 309 g/mol. The van der Waals surface area contributed by atoms with Crippen LogP contribution in [-0.4, -0.2) is 53.4 Å². The Labute approximate surface area is 128 Å². The first-order valence-corrected chi connectivity index (χ1v) is 7.78. The van der Waals surface area contributed by atoms with Gasteiger partial charge in [-0.15, -0.1) is 11.8 Å². The van der Waals surface area contributed by atoms with E-state index in [1.165, 1.54) is 11.8 Å². The lowest BCUT2D eigenvalue weighted by molar-refractivity contribution is -0.158. The molecule has 1 heterocycles. The lowest BCUT2D eigenvalue weighted by atomic mass is 10.2. The minimum Gasteiger partial charge on any atom is -0.479 e. The standard InChI is InChI=1S/C15H19NO4S/c1-10-3-4-11(2)13(7-10)21-9-14(17)16-5-6-20-12(8-16)15(18)19/h3-4,7,12H,5-6,8-9H2,1-2H3,(H,18,19). The highest BCUT2D eigenvalue weighted by atomic mass is 32.2. The number of aryl methyl sites for hydroxylation is 2. The molecule has 0 radical (unpaired) electrons. The Morgan fingerprint density at radius 2 is 2.19 bits per heavy atom. The van der Waals surface area contributed by atoms with Gasteiger partial charge in [0.1, 0.15) is 0 Å². The largest absolute Gasteiger partial charge is 0.479 e. The zero-order valence-corrected chi connectivity index (χ0v) is 13.0. The molecule has 1 aliphatic rings. The Balaban J connectivity index is 1.92. The molecule has 114 valence electrons. The van der Waals surface area contributed by atoms with Crippen molar-refractivity contribution in [2.45, 2.75) is 24.8 Å². The number of aliphatic carboxylic acids is 1. The van der Waals surface area contributed by atoms with E-state index < -0.39 is 12.1 Å². The van der Waals surface area contributed by atoms with E-state index in [-0.39, 0.29) is 19.1 Å². The van der Waals surface area contributed by atoms with Crippen LogP contribution in [0.25, 0.3) is 0 Å². The first-order chi connectivity index (χ1) is 9.97. The van der Waals surface area contributed by atoms with Crippen molar-refractivity contribution in [1.82, 2.24) is 4.90 Å². The smallest absolute Gasteiger partial charge is 0.334 e. The molecule has 1 amide bonds. The Hall–Kier alpha value is -1.53. The molecule has 21 heavy (non-hydrogen) atoms. The number of rotatable bonds is 4. The van der Waals surface area contributed by atoms with Gasteiger partial charge in [-0.2, -0.15) is 0 Å². The fourth-order valence-corrected chi connectivity index (χ4v) is 3.15. The van der Waals surface area contributed by atoms with Gasteiger partial charge in [0.25, 0.3) is 0 Å². The maximum Gasteiger partial charge on any atom is 0.334 e. The fraction of sp³-hybridized carbons (Fsp3) is 0.467. The van der Waals surface area contributed by atoms with Gasteiger partial charge in [0.2, 0.25) is 5.91 Å². The van der Waals surface area contributed by atoms with Gasteiger partial charge in [-0.1, -0.05) is 17.7 Å². The van der Waals surface area contributed by atoms with Crippen molar-refractivity contribution in [2.24, 2.45) is 0 Å². The van der Waals surface area contributed by atoms with E-state index >= 15 is 0 Å². The topological polar surface area (TPSA) is 66.8 Å². The summed E-state index contributed by atoms with van der Waals surface area (Å²) in [7, 11) is 0. The molecule has 0 bridgehead atoms. The summed E-state index contributed by atoms with van der Waals surface area (Å²) >= 11 is 1.49. The Morgan fingerprint density at radius 1 is 1.43 bits per heavy atom. The molecule has 1 saturated heterocycles. The van der Waals surface area contributed by atoms with Crippen molar-refractivity contribution in [3.8, 4) is 0 Å². The summed E-state index contributed by atoms with van der Waals surface area (Å²) in [6.45, 7) is 4.89. The van der Waals surface area contributed by atoms with Gasteiger partial charge in [-0.3, -0.25) is 4.79 Å². The van der Waals surface area contributed by atoms with Gasteiger partial charge < -0.3 is 14.7 Å². The van der Waals surface area contributed by atoms with Crippen LogP contribution in [0.2, 0.25) is 0 Å². The van der Waals surface area contributed by atoms with Crippen molar-refractivity contribution in [3.63, 3.8) is 0 Å². The monoisotopic (exact) mass is 309 g/mol. The third-order valence-electron chi connectivity index (χ3n) is 3.39. The van der Waals surface area contributed by atoms with Crippen LogP contribution in [-0.2, 0) is 14.3 Å². The summed E-state index contributed by atoms with van der Waals surface area (Å²) in [5.74, 6) is -0.749. The van der Waals surface area contributed by atoms with Crippen molar-refractivity contribution in [3.05, 3.63) is 29.3 Å². The minimum absolute atomic E-state index is 0.0459. The van der Waals surface area contributed by atoms with E-state index in [1.807, 2.05) is 26.0 Å². The first kappa shape index (κ1) is 15.9. The fourth-order valence-electron chi connectivity index (χ4n) is 2.12. The predicted octanol–water partition coefficient (Wildman–Crippen LogP) is 1.71. The molecule has 0 aromatic heterocycles. The molecule has 1 fully saturated rings. The Kier molecular flexibility index (Phi) is 5.25. The summed E-state index contributed by atoms with van der Waals surface area (Å²) < 4.78 is 5.12. The van der Waals surface area contributed by atoms with Gasteiger partial charge in [0.15, 0.2) is 6.10 Å². The summed E-state index contributed by atoms with van der Waals surface area (Å²) in [5.41, 5.74) is 2.30. The Morgan fingerprint density at radius 3 is 2.90 bits per heavy atom. The summed E-state index contributed by atoms with van der Waals surface area (Å²) in [6.07, 6.45) is -0.909. The molecular formula is C15H19NO4S. The minimum atomic E-state index is -1.02. The van der Waals surface area contributed by atoms with Crippen LogP contribution in [0.5, 0.6) is 0 Å². The van der Waals surface area contributed by atoms with Crippen LogP contribution < -0.4 is 0 Å². The van der Waals surface area contributed by atoms with Crippen molar-refractivity contribution in [1.29, 1.82) is 0 Å². The van der Waals surface area contributed by atoms with Gasteiger partial charge >= 0.3 is 5.97 Å². The highest BCUT2D eigenvalue weighted by molar-refractivity contribution is 8.00. The third-order valence-corrected chi connectivity index (χ3v) is 4.53. The maximum atomic E-state index is 12.2. The number of nitrogens with zero attached hydrogens (tertiary/aromatic N) is 1. The number of ether oxygens (including phenoxy) is 1. The molecular weight excluding hydrogens is 290 g/mol. The van der Waals surface area contributed by atoms with E-state index in [1.54, 1.807) is 4.90 Å². The maximum absolute atomic E-state index is 12.2. The number of benzene rings is 1. The zero-order valence-electron chi connectivity index (χ0n) is 12.2. The number of amides is 1. The summed E-state index contributed by atoms with van der Waals surface area (Å²) in [4.78, 5) is 25.8. The van der Waals surface area contributed by atoms with Crippen LogP contribution in [0.4, 0.5) is 0 Å². The number of carboxylic acid groups (broad SMARTS) is 1. The zero-order chi connectivity index (χ0) is 15.4. The molecule has 5 nitrogen and oxygen atoms in total. The molecule has 1 atom stereocenters. The van der Waals surface area contributed by atoms with E-state index in [0.717, 1.165) is 16.0 Å². The lowest BCUT2D eigenvalue weighted by Gasteiger charge is -2.30. The molecule has 1 aromatic carbocycles. The molecule has 1 aliphatic heterocycles. The molecule has 1 N–H and O–H groups in total. The number of hydrogen-bond donors (Lipinski definition) is 1. The first-order valence-electron chi connectivity index (χ1n) is 6.79. The second-order valence-electron chi connectivity index (χ2n) is 5.10. The van der Waals surface area contributed by atoms with Crippen LogP contribution in [0, 0.1) is 13.8 Å². The van der Waals surface area contributed by atoms with Gasteiger partial charge in [-0.25, -0.2) is 4.79 Å². The number of carboxylic acids is 1. The van der Waals surface area contributed by atoms with E-state index in [9.17, 15) is 9.59 Å². The van der Waals surface area contributed by atoms with E-state index in [0.29, 0.717) is 12.3 Å². The van der Waals surface area contributed by atoms with Crippen molar-refractivity contribution < 1.29 is 19.4 Å². The second-order valence-corrected chi connectivity index (χ2v) is 6.11. The number of morpholine rings is 1.